The van der Waals surface area contributed by atoms with Crippen molar-refractivity contribution < 1.29 is 0 Å². The van der Waals surface area contributed by atoms with E-state index in [9.17, 15) is 0 Å². The minimum Gasteiger partial charge on any atom is -0.375 e. The molecule has 0 aliphatic heterocycles. The van der Waals surface area contributed by atoms with E-state index in [4.69, 9.17) is 0 Å². The Labute approximate surface area is 107 Å². The maximum absolute atomic E-state index is 4.04. The molecular weight excluding hydrogens is 208 g/mol. The molecule has 2 nitrogen and oxygen atoms in total. The Morgan fingerprint density at radius 3 is 2.18 bits per heavy atom. The molecule has 1 fully saturated rings. The van der Waals surface area contributed by atoms with E-state index in [0.717, 1.165) is 11.7 Å². The Morgan fingerprint density at radius 2 is 1.76 bits per heavy atom. The second-order valence-corrected chi connectivity index (χ2v) is 6.75. The van der Waals surface area contributed by atoms with Crippen LogP contribution >= 0.6 is 0 Å². The monoisotopic (exact) mass is 238 g/mol. The molecule has 100 valence electrons. The average molecular weight is 238 g/mol. The summed E-state index contributed by atoms with van der Waals surface area (Å²) >= 11 is 0. The molecule has 0 radical (unpaired) electrons. The Hall–Kier alpha value is -0.660. The van der Waals surface area contributed by atoms with Crippen molar-refractivity contribution in [2.24, 2.45) is 11.3 Å². The van der Waals surface area contributed by atoms with Crippen LogP contribution < -0.4 is 5.32 Å². The Kier molecular flexibility index (Phi) is 4.91. The predicted octanol–water partition coefficient (Wildman–Crippen LogP) is 3.60. The summed E-state index contributed by atoms with van der Waals surface area (Å²) in [5, 5.41) is 3.14. The van der Waals surface area contributed by atoms with Crippen LogP contribution in [0.1, 0.15) is 52.9 Å². The zero-order valence-electron chi connectivity index (χ0n) is 12.3. The van der Waals surface area contributed by atoms with Gasteiger partial charge in [0.1, 0.15) is 0 Å². The summed E-state index contributed by atoms with van der Waals surface area (Å²) in [6.07, 6.45) is 6.76. The van der Waals surface area contributed by atoms with Gasteiger partial charge in [0.15, 0.2) is 0 Å². The van der Waals surface area contributed by atoms with Crippen molar-refractivity contribution in [2.75, 3.05) is 14.1 Å². The van der Waals surface area contributed by atoms with E-state index >= 15 is 0 Å². The lowest BCUT2D eigenvalue weighted by atomic mass is 9.76. The van der Waals surface area contributed by atoms with E-state index in [-0.39, 0.29) is 0 Å². The number of hydrogen-bond donors (Lipinski definition) is 1. The number of nitrogens with one attached hydrogen (secondary N) is 1. The van der Waals surface area contributed by atoms with Gasteiger partial charge < -0.3 is 10.2 Å². The van der Waals surface area contributed by atoms with Gasteiger partial charge in [0.05, 0.1) is 5.82 Å². The van der Waals surface area contributed by atoms with E-state index < -0.39 is 0 Å². The molecule has 17 heavy (non-hydrogen) atoms. The highest BCUT2D eigenvalue weighted by Gasteiger charge is 2.27. The van der Waals surface area contributed by atoms with Crippen LogP contribution in [-0.2, 0) is 0 Å². The zero-order chi connectivity index (χ0) is 13.1. The van der Waals surface area contributed by atoms with Crippen LogP contribution in [0.3, 0.4) is 0 Å². The van der Waals surface area contributed by atoms with Crippen LogP contribution in [0.25, 0.3) is 0 Å². The van der Waals surface area contributed by atoms with E-state index in [2.05, 4.69) is 44.6 Å². The molecule has 1 N–H and O–H groups in total. The highest BCUT2D eigenvalue weighted by atomic mass is 15.2. The van der Waals surface area contributed by atoms with Gasteiger partial charge in [-0.05, 0) is 43.4 Å². The van der Waals surface area contributed by atoms with E-state index in [1.165, 1.54) is 32.1 Å². The molecule has 0 atom stereocenters. The molecule has 1 aliphatic carbocycles. The summed E-state index contributed by atoms with van der Waals surface area (Å²) in [5.41, 5.74) is 0.484. The third-order valence-corrected chi connectivity index (χ3v) is 3.98. The van der Waals surface area contributed by atoms with Gasteiger partial charge in [-0.15, -0.1) is 0 Å². The number of hydrogen-bond acceptors (Lipinski definition) is 2. The fraction of sp³-hybridized carbons (Fsp3) is 0.867. The van der Waals surface area contributed by atoms with Crippen LogP contribution in [0.15, 0.2) is 12.4 Å². The van der Waals surface area contributed by atoms with Gasteiger partial charge in [0.2, 0.25) is 0 Å². The minimum absolute atomic E-state index is 0.484. The molecule has 0 heterocycles. The maximum Gasteiger partial charge on any atom is 0.0936 e. The van der Waals surface area contributed by atoms with Crippen molar-refractivity contribution in [2.45, 2.75) is 58.9 Å². The molecule has 0 aromatic carbocycles. The van der Waals surface area contributed by atoms with Gasteiger partial charge in [-0.3, -0.25) is 0 Å². The highest BCUT2D eigenvalue weighted by molar-refractivity contribution is 4.93. The molecule has 0 amide bonds. The minimum atomic E-state index is 0.484. The molecule has 1 rings (SSSR count). The summed E-state index contributed by atoms with van der Waals surface area (Å²) in [7, 11) is 4.11. The Morgan fingerprint density at radius 1 is 1.24 bits per heavy atom. The van der Waals surface area contributed by atoms with Gasteiger partial charge in [0, 0.05) is 20.1 Å². The smallest absolute Gasteiger partial charge is 0.0936 e. The Balaban J connectivity index is 2.38. The van der Waals surface area contributed by atoms with Crippen molar-refractivity contribution in [1.82, 2.24) is 10.2 Å². The van der Waals surface area contributed by atoms with Gasteiger partial charge in [-0.2, -0.15) is 0 Å². The van der Waals surface area contributed by atoms with Crippen molar-refractivity contribution in [1.29, 1.82) is 0 Å². The molecular formula is C15H30N2. The lowest BCUT2D eigenvalue weighted by molar-refractivity contribution is 0.163. The molecule has 0 aromatic rings. The maximum atomic E-state index is 4.04. The van der Waals surface area contributed by atoms with Crippen molar-refractivity contribution in [3.8, 4) is 0 Å². The van der Waals surface area contributed by atoms with Crippen LogP contribution in [0.5, 0.6) is 0 Å². The number of nitrogens with zero attached hydrogens (tertiary/aromatic N) is 1. The van der Waals surface area contributed by atoms with E-state index in [0.29, 0.717) is 11.5 Å². The molecule has 0 bridgehead atoms. The van der Waals surface area contributed by atoms with Crippen molar-refractivity contribution >= 4 is 0 Å². The first-order valence-corrected chi connectivity index (χ1v) is 6.93. The van der Waals surface area contributed by atoms with Gasteiger partial charge in [-0.1, -0.05) is 27.4 Å². The third kappa shape index (κ3) is 4.61. The molecule has 1 aliphatic rings. The zero-order valence-corrected chi connectivity index (χ0v) is 12.3. The standard InChI is InChI=1S/C15H30N2/c1-12(16-5)17(6)14-9-7-13(8-10-14)11-15(2,3)4/h13-14,16H,1,7-11H2,2-6H3. The Bertz CT molecular complexity index is 244. The largest absolute Gasteiger partial charge is 0.375 e. The van der Waals surface area contributed by atoms with Crippen LogP contribution in [0, 0.1) is 11.3 Å². The molecule has 0 unspecified atom stereocenters. The fourth-order valence-corrected chi connectivity index (χ4v) is 3.00. The summed E-state index contributed by atoms with van der Waals surface area (Å²) in [5.74, 6) is 1.98. The fourth-order valence-electron chi connectivity index (χ4n) is 3.00. The summed E-state index contributed by atoms with van der Waals surface area (Å²) in [4.78, 5) is 2.31. The van der Waals surface area contributed by atoms with Gasteiger partial charge in [0.25, 0.3) is 0 Å². The normalized spacial score (nSPS) is 25.5. The second kappa shape index (κ2) is 5.79. The summed E-state index contributed by atoms with van der Waals surface area (Å²) in [6, 6.07) is 0.686. The van der Waals surface area contributed by atoms with Crippen LogP contribution in [-0.4, -0.2) is 25.0 Å². The van der Waals surface area contributed by atoms with Crippen LogP contribution in [0.4, 0.5) is 0 Å². The lowest BCUT2D eigenvalue weighted by Crippen LogP contribution is -2.38. The predicted molar refractivity (Wildman–Crippen MR) is 75.8 cm³/mol. The molecule has 0 aromatic heterocycles. The van der Waals surface area contributed by atoms with E-state index in [1.807, 2.05) is 7.05 Å². The van der Waals surface area contributed by atoms with Crippen LogP contribution in [0.2, 0.25) is 0 Å². The molecule has 0 saturated heterocycles. The molecule has 0 spiro atoms. The van der Waals surface area contributed by atoms with Gasteiger partial charge >= 0.3 is 0 Å². The SMILES string of the molecule is C=C(NC)N(C)C1CCC(CC(C)(C)C)CC1. The average Bonchev–Trinajstić information content (AvgIpc) is 2.26. The lowest BCUT2D eigenvalue weighted by Gasteiger charge is -2.38. The topological polar surface area (TPSA) is 15.3 Å². The van der Waals surface area contributed by atoms with Crippen molar-refractivity contribution in [3.05, 3.63) is 12.4 Å². The summed E-state index contributed by atoms with van der Waals surface area (Å²) in [6.45, 7) is 11.1. The summed E-state index contributed by atoms with van der Waals surface area (Å²) < 4.78 is 0. The highest BCUT2D eigenvalue weighted by Crippen LogP contribution is 2.35. The first-order valence-electron chi connectivity index (χ1n) is 6.93. The van der Waals surface area contributed by atoms with Gasteiger partial charge in [-0.25, -0.2) is 0 Å². The molecule has 1 saturated carbocycles. The first kappa shape index (κ1) is 14.4. The second-order valence-electron chi connectivity index (χ2n) is 6.75. The van der Waals surface area contributed by atoms with E-state index in [1.54, 1.807) is 0 Å². The van der Waals surface area contributed by atoms with Crippen molar-refractivity contribution in [3.63, 3.8) is 0 Å². The first-order chi connectivity index (χ1) is 7.83. The molecule has 2 heteroatoms. The quantitative estimate of drug-likeness (QED) is 0.805. The number of rotatable bonds is 4. The third-order valence-electron chi connectivity index (χ3n) is 3.98.